The third kappa shape index (κ3) is 3.61. The minimum atomic E-state index is -0.436. The smallest absolute Gasteiger partial charge is 0.283 e. The van der Waals surface area contributed by atoms with Crippen molar-refractivity contribution in [2.75, 3.05) is 0 Å². The fourth-order valence-corrected chi connectivity index (χ4v) is 5.36. The number of hydrogen-bond acceptors (Lipinski definition) is 4. The number of aromatic nitrogens is 1. The zero-order valence-electron chi connectivity index (χ0n) is 19.2. The standard InChI is InChI=1S/C26H22ClN5OS/c1-14-8-5-6-9-19(14)25-30-32-23(28)20(24(33)29-26(32)34-25)13-18-12-15(2)31(17(18)4)22-11-7-10-21(27)16(22)3/h5-13,28H,1-4H3/b20-13-,28-23?. The molecule has 0 fully saturated rings. The number of hydrogen-bond donors (Lipinski definition) is 1. The largest absolute Gasteiger partial charge is 0.318 e. The monoisotopic (exact) mass is 487 g/mol. The van der Waals surface area contributed by atoms with Crippen molar-refractivity contribution in [3.05, 3.63) is 92.8 Å². The highest BCUT2D eigenvalue weighted by atomic mass is 35.5. The van der Waals surface area contributed by atoms with E-state index in [2.05, 4.69) is 14.7 Å². The van der Waals surface area contributed by atoms with Crippen LogP contribution in [0.2, 0.25) is 5.02 Å². The molecule has 2 aliphatic rings. The minimum absolute atomic E-state index is 0.0230. The Hall–Kier alpha value is -3.42. The molecule has 2 aromatic carbocycles. The second-order valence-corrected chi connectivity index (χ2v) is 9.65. The summed E-state index contributed by atoms with van der Waals surface area (Å²) in [5.41, 5.74) is 7.02. The number of amidine groups is 2. The van der Waals surface area contributed by atoms with Gasteiger partial charge in [-0.3, -0.25) is 10.2 Å². The molecular formula is C26H22ClN5OS. The van der Waals surface area contributed by atoms with Gasteiger partial charge in [0, 0.05) is 27.7 Å². The van der Waals surface area contributed by atoms with Crippen molar-refractivity contribution in [1.29, 1.82) is 5.41 Å². The fourth-order valence-electron chi connectivity index (χ4n) is 4.21. The van der Waals surface area contributed by atoms with Crippen LogP contribution in [0, 0.1) is 33.1 Å². The second kappa shape index (κ2) is 8.42. The summed E-state index contributed by atoms with van der Waals surface area (Å²) in [6.07, 6.45) is 1.73. The van der Waals surface area contributed by atoms with Crippen molar-refractivity contribution in [2.45, 2.75) is 27.7 Å². The first-order chi connectivity index (χ1) is 16.3. The summed E-state index contributed by atoms with van der Waals surface area (Å²) in [6, 6.07) is 15.7. The molecule has 8 heteroatoms. The van der Waals surface area contributed by atoms with E-state index in [4.69, 9.17) is 17.0 Å². The molecule has 1 aromatic heterocycles. The van der Waals surface area contributed by atoms with E-state index in [9.17, 15) is 4.79 Å². The summed E-state index contributed by atoms with van der Waals surface area (Å²) in [7, 11) is 0. The molecule has 1 amide bonds. The molecule has 6 nitrogen and oxygen atoms in total. The highest BCUT2D eigenvalue weighted by molar-refractivity contribution is 8.27. The predicted octanol–water partition coefficient (Wildman–Crippen LogP) is 6.03. The van der Waals surface area contributed by atoms with Crippen molar-refractivity contribution in [2.24, 2.45) is 10.1 Å². The van der Waals surface area contributed by atoms with E-state index in [0.29, 0.717) is 10.2 Å². The maximum Gasteiger partial charge on any atom is 0.283 e. The molecule has 0 radical (unpaired) electrons. The highest BCUT2D eigenvalue weighted by Gasteiger charge is 2.36. The quantitative estimate of drug-likeness (QED) is 0.458. The molecule has 5 rings (SSSR count). The molecular weight excluding hydrogens is 466 g/mol. The Morgan fingerprint density at radius 1 is 1.06 bits per heavy atom. The first-order valence-corrected chi connectivity index (χ1v) is 12.0. The van der Waals surface area contributed by atoms with Crippen LogP contribution in [0.25, 0.3) is 11.8 Å². The molecule has 3 aromatic rings. The number of aliphatic imine (C=N–C) groups is 1. The number of thioether (sulfide) groups is 1. The molecule has 0 spiro atoms. The van der Waals surface area contributed by atoms with Gasteiger partial charge in [0.05, 0.1) is 5.57 Å². The number of carbonyl (C=O) groups is 1. The first kappa shape index (κ1) is 22.4. The normalized spacial score (nSPS) is 16.7. The number of aryl methyl sites for hydroxylation is 2. The first-order valence-electron chi connectivity index (χ1n) is 10.8. The zero-order chi connectivity index (χ0) is 24.1. The topological polar surface area (TPSA) is 73.8 Å². The Morgan fingerprint density at radius 3 is 2.59 bits per heavy atom. The van der Waals surface area contributed by atoms with Crippen molar-refractivity contribution in [1.82, 2.24) is 9.58 Å². The van der Waals surface area contributed by atoms with Gasteiger partial charge in [-0.1, -0.05) is 41.9 Å². The third-order valence-electron chi connectivity index (χ3n) is 6.08. The maximum atomic E-state index is 12.9. The van der Waals surface area contributed by atoms with E-state index >= 15 is 0 Å². The molecule has 3 heterocycles. The van der Waals surface area contributed by atoms with Gasteiger partial charge >= 0.3 is 0 Å². The van der Waals surface area contributed by atoms with Gasteiger partial charge in [-0.05, 0) is 80.4 Å². The molecule has 0 saturated heterocycles. The summed E-state index contributed by atoms with van der Waals surface area (Å²) in [6.45, 7) is 8.00. The summed E-state index contributed by atoms with van der Waals surface area (Å²) in [5.74, 6) is -0.413. The lowest BCUT2D eigenvalue weighted by atomic mass is 10.1. The Labute approximate surface area is 207 Å². The number of fused-ring (bicyclic) bond motifs is 1. The highest BCUT2D eigenvalue weighted by Crippen LogP contribution is 2.33. The van der Waals surface area contributed by atoms with Gasteiger partial charge in [-0.2, -0.15) is 15.1 Å². The van der Waals surface area contributed by atoms with Crippen molar-refractivity contribution < 1.29 is 4.79 Å². The lowest BCUT2D eigenvalue weighted by Crippen LogP contribution is -2.35. The van der Waals surface area contributed by atoms with Gasteiger partial charge in [0.15, 0.2) is 5.84 Å². The maximum absolute atomic E-state index is 12.9. The van der Waals surface area contributed by atoms with Crippen LogP contribution in [0.1, 0.15) is 33.6 Å². The lowest BCUT2D eigenvalue weighted by Gasteiger charge is -2.20. The number of amides is 1. The van der Waals surface area contributed by atoms with E-state index in [-0.39, 0.29) is 11.4 Å². The summed E-state index contributed by atoms with van der Waals surface area (Å²) in [4.78, 5) is 17.2. The van der Waals surface area contributed by atoms with Gasteiger partial charge in [-0.25, -0.2) is 0 Å². The average molecular weight is 488 g/mol. The molecule has 1 N–H and O–H groups in total. The van der Waals surface area contributed by atoms with Crippen LogP contribution in [0.5, 0.6) is 0 Å². The molecule has 0 aliphatic carbocycles. The molecule has 170 valence electrons. The number of nitrogens with one attached hydrogen (secondary N) is 1. The SMILES string of the molecule is Cc1ccccc1C1=NN2C(=N)/C(=C/c3cc(C)n(-c4cccc(Cl)c4C)c3C)C(=O)N=C2S1. The van der Waals surface area contributed by atoms with Crippen LogP contribution in [0.3, 0.4) is 0 Å². The van der Waals surface area contributed by atoms with E-state index in [1.807, 2.05) is 76.2 Å². The molecule has 0 saturated carbocycles. The van der Waals surface area contributed by atoms with Gasteiger partial charge in [0.2, 0.25) is 5.17 Å². The Kier molecular flexibility index (Phi) is 5.54. The van der Waals surface area contributed by atoms with Gasteiger partial charge in [0.1, 0.15) is 5.04 Å². The van der Waals surface area contributed by atoms with Crippen molar-refractivity contribution in [3.8, 4) is 5.69 Å². The molecule has 0 unspecified atom stereocenters. The van der Waals surface area contributed by atoms with Gasteiger partial charge in [0.25, 0.3) is 5.91 Å². The third-order valence-corrected chi connectivity index (χ3v) is 7.43. The van der Waals surface area contributed by atoms with E-state index in [0.717, 1.165) is 44.4 Å². The summed E-state index contributed by atoms with van der Waals surface area (Å²) in [5, 5.41) is 16.6. The number of benzene rings is 2. The zero-order valence-corrected chi connectivity index (χ0v) is 20.8. The van der Waals surface area contributed by atoms with E-state index < -0.39 is 5.91 Å². The van der Waals surface area contributed by atoms with E-state index in [1.54, 1.807) is 6.08 Å². The van der Waals surface area contributed by atoms with Crippen molar-refractivity contribution >= 4 is 51.4 Å². The van der Waals surface area contributed by atoms with E-state index in [1.165, 1.54) is 16.8 Å². The van der Waals surface area contributed by atoms with Crippen LogP contribution < -0.4 is 0 Å². The van der Waals surface area contributed by atoms with Gasteiger partial charge in [-0.15, -0.1) is 0 Å². The number of nitrogens with zero attached hydrogens (tertiary/aromatic N) is 4. The summed E-state index contributed by atoms with van der Waals surface area (Å²) >= 11 is 7.66. The Balaban J connectivity index is 1.54. The van der Waals surface area contributed by atoms with Crippen LogP contribution in [0.4, 0.5) is 0 Å². The Bertz CT molecular complexity index is 1480. The molecule has 0 atom stereocenters. The van der Waals surface area contributed by atoms with Crippen LogP contribution in [-0.2, 0) is 4.79 Å². The lowest BCUT2D eigenvalue weighted by molar-refractivity contribution is -0.114. The molecule has 2 aliphatic heterocycles. The van der Waals surface area contributed by atoms with Gasteiger partial charge < -0.3 is 4.57 Å². The van der Waals surface area contributed by atoms with Crippen molar-refractivity contribution in [3.63, 3.8) is 0 Å². The predicted molar refractivity (Wildman–Crippen MR) is 140 cm³/mol. The number of carbonyl (C=O) groups excluding carboxylic acids is 1. The minimum Gasteiger partial charge on any atom is -0.318 e. The average Bonchev–Trinajstić information content (AvgIpc) is 3.34. The molecule has 0 bridgehead atoms. The molecule has 34 heavy (non-hydrogen) atoms. The fraction of sp³-hybridized carbons (Fsp3) is 0.154. The van der Waals surface area contributed by atoms with Crippen LogP contribution in [0.15, 0.2) is 64.2 Å². The Morgan fingerprint density at radius 2 is 1.82 bits per heavy atom. The second-order valence-electron chi connectivity index (χ2n) is 8.29. The van der Waals surface area contributed by atoms with Crippen LogP contribution >= 0.6 is 23.4 Å². The number of hydrazone groups is 1. The number of rotatable bonds is 3. The van der Waals surface area contributed by atoms with Crippen LogP contribution in [-0.4, -0.2) is 31.5 Å². The number of halogens is 1. The summed E-state index contributed by atoms with van der Waals surface area (Å²) < 4.78 is 2.11.